The van der Waals surface area contributed by atoms with Crippen LogP contribution in [-0.2, 0) is 10.2 Å². The summed E-state index contributed by atoms with van der Waals surface area (Å²) in [7, 11) is 0. The number of hydrogen-bond donors (Lipinski definition) is 3. The summed E-state index contributed by atoms with van der Waals surface area (Å²) in [5.41, 5.74) is -3.42. The van der Waals surface area contributed by atoms with Crippen molar-refractivity contribution in [2.75, 3.05) is 0 Å². The summed E-state index contributed by atoms with van der Waals surface area (Å²) in [6.07, 6.45) is 0. The number of nitrogens with one attached hydrogen (secondary N) is 2. The number of carboxylic acids is 1. The van der Waals surface area contributed by atoms with E-state index in [0.29, 0.717) is 6.07 Å². The topological polar surface area (TPSA) is 142 Å². The van der Waals surface area contributed by atoms with Crippen LogP contribution >= 0.6 is 0 Å². The molecule has 29 heavy (non-hydrogen) atoms. The maximum atomic E-state index is 14.4. The first-order chi connectivity index (χ1) is 13.5. The largest absolute Gasteiger partial charge is 0.481 e. The van der Waals surface area contributed by atoms with Crippen LogP contribution in [0.4, 0.5) is 14.5 Å². The first kappa shape index (κ1) is 19.9. The molecule has 150 valence electrons. The van der Waals surface area contributed by atoms with Crippen molar-refractivity contribution in [1.29, 1.82) is 0 Å². The second kappa shape index (κ2) is 6.93. The molecule has 0 amide bonds. The van der Waals surface area contributed by atoms with Crippen molar-refractivity contribution in [2.45, 2.75) is 19.3 Å². The second-order valence-corrected chi connectivity index (χ2v) is 6.71. The Labute approximate surface area is 161 Å². The molecule has 11 heteroatoms. The van der Waals surface area contributed by atoms with E-state index in [1.165, 1.54) is 19.9 Å². The van der Waals surface area contributed by atoms with Crippen LogP contribution in [0.25, 0.3) is 22.6 Å². The quantitative estimate of drug-likeness (QED) is 0.441. The maximum absolute atomic E-state index is 14.4. The van der Waals surface area contributed by atoms with E-state index in [1.807, 2.05) is 0 Å². The monoisotopic (exact) mass is 404 g/mol. The Morgan fingerprint density at radius 2 is 1.90 bits per heavy atom. The molecule has 3 aromatic rings. The number of imidazole rings is 1. The Balaban J connectivity index is 2.29. The molecule has 0 aliphatic heterocycles. The van der Waals surface area contributed by atoms with E-state index in [0.717, 1.165) is 18.2 Å². The van der Waals surface area contributed by atoms with Crippen LogP contribution in [0.2, 0.25) is 0 Å². The van der Waals surface area contributed by atoms with Crippen LogP contribution in [0.3, 0.4) is 0 Å². The van der Waals surface area contributed by atoms with Gasteiger partial charge in [0.1, 0.15) is 28.6 Å². The van der Waals surface area contributed by atoms with E-state index in [2.05, 4.69) is 15.0 Å². The fourth-order valence-electron chi connectivity index (χ4n) is 2.60. The van der Waals surface area contributed by atoms with Gasteiger partial charge in [0.15, 0.2) is 0 Å². The number of benzene rings is 1. The first-order valence-electron chi connectivity index (χ1n) is 8.19. The van der Waals surface area contributed by atoms with Crippen molar-refractivity contribution in [3.8, 4) is 22.6 Å². The van der Waals surface area contributed by atoms with E-state index in [-0.39, 0.29) is 28.5 Å². The van der Waals surface area contributed by atoms with Crippen molar-refractivity contribution in [1.82, 2.24) is 15.0 Å². The average Bonchev–Trinajstić information content (AvgIpc) is 3.07. The maximum Gasteiger partial charge on any atom is 0.333 e. The Morgan fingerprint density at radius 3 is 2.45 bits per heavy atom. The number of pyridine rings is 1. The Bertz CT molecular complexity index is 1200. The lowest BCUT2D eigenvalue weighted by molar-refractivity contribution is -0.386. The van der Waals surface area contributed by atoms with Gasteiger partial charge in [-0.25, -0.2) is 13.8 Å². The number of carbonyl (C=O) groups is 1. The number of aromatic nitrogens is 3. The first-order valence-corrected chi connectivity index (χ1v) is 8.19. The molecule has 2 aromatic heterocycles. The minimum atomic E-state index is -1.51. The number of nitrogens with zero attached hydrogens (tertiary/aromatic N) is 2. The fraction of sp³-hybridized carbons (Fsp3) is 0.167. The van der Waals surface area contributed by atoms with Gasteiger partial charge in [-0.05, 0) is 32.0 Å². The minimum absolute atomic E-state index is 0.0132. The van der Waals surface area contributed by atoms with Gasteiger partial charge in [-0.15, -0.1) is 0 Å². The number of hydrogen-bond acceptors (Lipinski definition) is 5. The molecule has 0 aliphatic carbocycles. The smallest absolute Gasteiger partial charge is 0.333 e. The second-order valence-electron chi connectivity index (χ2n) is 6.71. The summed E-state index contributed by atoms with van der Waals surface area (Å²) in [5, 5.41) is 20.3. The summed E-state index contributed by atoms with van der Waals surface area (Å²) in [5.74, 6) is -3.06. The number of aliphatic carboxylic acids is 1. The molecule has 9 nitrogen and oxygen atoms in total. The predicted octanol–water partition coefficient (Wildman–Crippen LogP) is 2.98. The number of H-pyrrole nitrogens is 2. The van der Waals surface area contributed by atoms with Gasteiger partial charge in [-0.2, -0.15) is 0 Å². The summed E-state index contributed by atoms with van der Waals surface area (Å²) in [6, 6.07) is 4.91. The van der Waals surface area contributed by atoms with Crippen molar-refractivity contribution in [2.24, 2.45) is 0 Å². The molecule has 0 saturated heterocycles. The highest BCUT2D eigenvalue weighted by Crippen LogP contribution is 2.34. The predicted molar refractivity (Wildman–Crippen MR) is 97.3 cm³/mol. The Morgan fingerprint density at radius 1 is 1.21 bits per heavy atom. The van der Waals surface area contributed by atoms with Crippen LogP contribution in [-0.4, -0.2) is 31.0 Å². The number of carboxylic acid groups (broad SMARTS) is 1. The standard InChI is InChI=1S/C18H14F2N4O5/c1-18(2,17(26)27)16-22-13(9-4-3-8(19)7-10(9)20)14(23-16)11-5-6-12(24(28)29)15(25)21-11/h3-7H,1-2H3,(H,21,25)(H,22,23)(H,26,27). The molecule has 0 bridgehead atoms. The molecule has 0 saturated carbocycles. The van der Waals surface area contributed by atoms with Crippen LogP contribution in [0.1, 0.15) is 19.7 Å². The Kier molecular flexibility index (Phi) is 4.74. The van der Waals surface area contributed by atoms with Crippen molar-refractivity contribution >= 4 is 11.7 Å². The lowest BCUT2D eigenvalue weighted by atomic mass is 9.93. The van der Waals surface area contributed by atoms with E-state index < -0.39 is 39.2 Å². The average molecular weight is 404 g/mol. The molecule has 0 aliphatic rings. The molecule has 0 unspecified atom stereocenters. The molecule has 1 aromatic carbocycles. The molecule has 0 radical (unpaired) electrons. The molecule has 0 atom stereocenters. The van der Waals surface area contributed by atoms with Gasteiger partial charge < -0.3 is 15.1 Å². The lowest BCUT2D eigenvalue weighted by Gasteiger charge is -2.15. The molecule has 0 spiro atoms. The minimum Gasteiger partial charge on any atom is -0.481 e. The third kappa shape index (κ3) is 3.49. The third-order valence-corrected chi connectivity index (χ3v) is 4.37. The third-order valence-electron chi connectivity index (χ3n) is 4.37. The molecular weight excluding hydrogens is 390 g/mol. The summed E-state index contributed by atoms with van der Waals surface area (Å²) in [6.45, 7) is 2.72. The van der Waals surface area contributed by atoms with E-state index in [4.69, 9.17) is 0 Å². The summed E-state index contributed by atoms with van der Waals surface area (Å²) in [4.78, 5) is 42.8. The van der Waals surface area contributed by atoms with Crippen molar-refractivity contribution in [3.05, 3.63) is 68.3 Å². The van der Waals surface area contributed by atoms with Gasteiger partial charge >= 0.3 is 17.2 Å². The van der Waals surface area contributed by atoms with Gasteiger partial charge in [0.05, 0.1) is 16.3 Å². The van der Waals surface area contributed by atoms with Gasteiger partial charge in [-0.3, -0.25) is 19.7 Å². The number of halogens is 2. The van der Waals surface area contributed by atoms with Gasteiger partial charge in [-0.1, -0.05) is 0 Å². The molecule has 0 fully saturated rings. The zero-order valence-electron chi connectivity index (χ0n) is 15.1. The fourth-order valence-corrected chi connectivity index (χ4v) is 2.60. The molecular formula is C18H14F2N4O5. The van der Waals surface area contributed by atoms with Crippen LogP contribution in [0.15, 0.2) is 35.1 Å². The van der Waals surface area contributed by atoms with Crippen LogP contribution < -0.4 is 5.56 Å². The zero-order chi connectivity index (χ0) is 21.5. The summed E-state index contributed by atoms with van der Waals surface area (Å²) < 4.78 is 27.7. The molecule has 3 rings (SSSR count). The normalized spacial score (nSPS) is 11.4. The van der Waals surface area contributed by atoms with Crippen LogP contribution in [0.5, 0.6) is 0 Å². The van der Waals surface area contributed by atoms with E-state index in [9.17, 15) is 33.6 Å². The summed E-state index contributed by atoms with van der Waals surface area (Å²) >= 11 is 0. The number of rotatable bonds is 5. The van der Waals surface area contributed by atoms with Crippen LogP contribution in [0, 0.1) is 21.7 Å². The molecule has 2 heterocycles. The van der Waals surface area contributed by atoms with E-state index >= 15 is 0 Å². The highest BCUT2D eigenvalue weighted by atomic mass is 19.1. The van der Waals surface area contributed by atoms with E-state index in [1.54, 1.807) is 0 Å². The SMILES string of the molecule is CC(C)(C(=O)O)c1nc(-c2ccc(F)cc2F)c(-c2ccc([N+](=O)[O-])c(=O)[nH]2)[nH]1. The van der Waals surface area contributed by atoms with Gasteiger partial charge in [0, 0.05) is 17.7 Å². The zero-order valence-corrected chi connectivity index (χ0v) is 15.1. The number of nitro groups is 1. The molecule has 3 N–H and O–H groups in total. The van der Waals surface area contributed by atoms with Gasteiger partial charge in [0.2, 0.25) is 0 Å². The number of aromatic amines is 2. The highest BCUT2D eigenvalue weighted by molar-refractivity contribution is 5.82. The van der Waals surface area contributed by atoms with Crippen molar-refractivity contribution in [3.63, 3.8) is 0 Å². The van der Waals surface area contributed by atoms with Gasteiger partial charge in [0.25, 0.3) is 0 Å². The van der Waals surface area contributed by atoms with Crippen molar-refractivity contribution < 1.29 is 23.6 Å². The Hall–Kier alpha value is -3.89. The lowest BCUT2D eigenvalue weighted by Crippen LogP contribution is -2.29. The highest BCUT2D eigenvalue weighted by Gasteiger charge is 2.34.